The zero-order chi connectivity index (χ0) is 28.6. The van der Waals surface area contributed by atoms with E-state index in [0.29, 0.717) is 23.0 Å². The minimum atomic E-state index is -0.826. The molecule has 2 aliphatic carbocycles. The maximum absolute atomic E-state index is 14.7. The summed E-state index contributed by atoms with van der Waals surface area (Å²) in [6.45, 7) is 7.88. The van der Waals surface area contributed by atoms with Crippen molar-refractivity contribution in [1.29, 1.82) is 0 Å². The van der Waals surface area contributed by atoms with E-state index in [2.05, 4.69) is 18.7 Å². The van der Waals surface area contributed by atoms with Crippen molar-refractivity contribution in [1.82, 2.24) is 4.90 Å². The second-order valence-electron chi connectivity index (χ2n) is 11.7. The minimum absolute atomic E-state index is 0.0163. The summed E-state index contributed by atoms with van der Waals surface area (Å²) in [5, 5.41) is 12.7. The fourth-order valence-electron chi connectivity index (χ4n) is 6.33. The van der Waals surface area contributed by atoms with E-state index in [0.717, 1.165) is 31.2 Å². The number of ether oxygens (including phenoxy) is 2. The van der Waals surface area contributed by atoms with Crippen LogP contribution in [0, 0.1) is 11.7 Å². The number of nitrogens with zero attached hydrogens (tertiary/aromatic N) is 2. The summed E-state index contributed by atoms with van der Waals surface area (Å²) in [6.07, 6.45) is 11.0. The lowest BCUT2D eigenvalue weighted by molar-refractivity contribution is -0.166. The number of carbonyl (C=O) groups excluding carboxylic acids is 1. The fourth-order valence-corrected chi connectivity index (χ4v) is 7.64. The molecule has 0 bridgehead atoms. The van der Waals surface area contributed by atoms with Crippen LogP contribution in [0.25, 0.3) is 0 Å². The number of fused-ring (bicyclic) bond motifs is 1. The summed E-state index contributed by atoms with van der Waals surface area (Å²) in [5.74, 6) is -0.492. The highest BCUT2D eigenvalue weighted by molar-refractivity contribution is 8.17. The maximum Gasteiger partial charge on any atom is 0.349 e. The van der Waals surface area contributed by atoms with Gasteiger partial charge in [-0.2, -0.15) is 0 Å². The first kappa shape index (κ1) is 29.1. The van der Waals surface area contributed by atoms with E-state index in [9.17, 15) is 14.3 Å². The Balaban J connectivity index is 1.37. The molecule has 3 unspecified atom stereocenters. The molecule has 40 heavy (non-hydrogen) atoms. The molecule has 1 fully saturated rings. The van der Waals surface area contributed by atoms with Crippen LogP contribution in [0.15, 0.2) is 57.1 Å². The highest BCUT2D eigenvalue weighted by Gasteiger charge is 2.49. The van der Waals surface area contributed by atoms with Crippen molar-refractivity contribution < 1.29 is 23.8 Å². The molecule has 1 N–H and O–H groups in total. The van der Waals surface area contributed by atoms with Crippen LogP contribution in [-0.4, -0.2) is 51.0 Å². The minimum Gasteiger partial charge on any atom is -0.511 e. The van der Waals surface area contributed by atoms with E-state index in [1.54, 1.807) is 6.07 Å². The number of aliphatic imine (C=N–C) groups is 1. The average Bonchev–Trinajstić information content (AvgIpc) is 3.54. The van der Waals surface area contributed by atoms with Crippen molar-refractivity contribution in [2.75, 3.05) is 0 Å². The van der Waals surface area contributed by atoms with E-state index in [4.69, 9.17) is 26.1 Å². The Morgan fingerprint density at radius 2 is 2.02 bits per heavy atom. The van der Waals surface area contributed by atoms with E-state index in [1.807, 2.05) is 38.1 Å². The fraction of sp³-hybridized carbons (Fsp3) is 0.548. The Kier molecular flexibility index (Phi) is 8.58. The zero-order valence-electron chi connectivity index (χ0n) is 23.5. The van der Waals surface area contributed by atoms with Gasteiger partial charge in [-0.25, -0.2) is 9.18 Å². The summed E-state index contributed by atoms with van der Waals surface area (Å²) in [4.78, 5) is 20.7. The highest BCUT2D eigenvalue weighted by atomic mass is 35.5. The number of thioether (sulfide) groups is 1. The molecule has 0 aromatic heterocycles. The third kappa shape index (κ3) is 5.94. The number of rotatable bonds is 8. The summed E-state index contributed by atoms with van der Waals surface area (Å²) in [6, 6.07) is 5.02. The van der Waals surface area contributed by atoms with Crippen LogP contribution in [0.3, 0.4) is 0 Å². The van der Waals surface area contributed by atoms with Crippen molar-refractivity contribution in [3.05, 3.63) is 63.5 Å². The van der Waals surface area contributed by atoms with Gasteiger partial charge in [0.25, 0.3) is 0 Å². The molecule has 0 radical (unpaired) electrons. The second-order valence-corrected chi connectivity index (χ2v) is 13.1. The quantitative estimate of drug-likeness (QED) is 0.318. The van der Waals surface area contributed by atoms with Gasteiger partial charge >= 0.3 is 5.97 Å². The largest absolute Gasteiger partial charge is 0.511 e. The Labute approximate surface area is 245 Å². The monoisotopic (exact) mass is 588 g/mol. The van der Waals surface area contributed by atoms with Crippen LogP contribution in [0.1, 0.15) is 71.8 Å². The number of halogens is 2. The number of aliphatic hydroxyl groups excluding tert-OH is 1. The zero-order valence-corrected chi connectivity index (χ0v) is 25.1. The molecule has 1 aromatic carbocycles. The van der Waals surface area contributed by atoms with E-state index >= 15 is 0 Å². The van der Waals surface area contributed by atoms with Gasteiger partial charge in [0.2, 0.25) is 0 Å². The lowest BCUT2D eigenvalue weighted by Crippen LogP contribution is -2.46. The number of aryl methyl sites for hydroxylation is 1. The van der Waals surface area contributed by atoms with Crippen LogP contribution in [0.2, 0.25) is 0 Å². The molecule has 1 aromatic rings. The number of hydrogen-bond acceptors (Lipinski definition) is 7. The van der Waals surface area contributed by atoms with Crippen molar-refractivity contribution in [2.24, 2.45) is 10.9 Å². The molecule has 2 heterocycles. The summed E-state index contributed by atoms with van der Waals surface area (Å²) < 4.78 is 26.5. The average molecular weight is 589 g/mol. The first-order valence-electron chi connectivity index (χ1n) is 14.3. The number of allylic oxidation sites excluding steroid dienone is 2. The van der Waals surface area contributed by atoms with Gasteiger partial charge in [-0.05, 0) is 101 Å². The standard InChI is InChI=1S/C31H38ClFN2O4S/c1-18(2)35-25-11-10-22(32)16-24(25)34-30(35)40-28-26(36)17-31(39-29(28)37,21-7-5-6-8-21)14-13-20-9-12-27(23(33)15-20)38-19(3)4/h9-12,15-16,18-19,21,24-25,36H,5-8,13-14,17H2,1-4H3. The Bertz CT molecular complexity index is 1270. The summed E-state index contributed by atoms with van der Waals surface area (Å²) in [5.41, 5.74) is -0.0195. The summed E-state index contributed by atoms with van der Waals surface area (Å²) >= 11 is 7.40. The Morgan fingerprint density at radius 1 is 1.27 bits per heavy atom. The predicted octanol–water partition coefficient (Wildman–Crippen LogP) is 7.43. The SMILES string of the molecule is CC(C)Oc1ccc(CCC2(C3CCCC3)CC(O)=C(SC3=NC4C=C(Cl)C=CC4N3C(C)C)C(=O)O2)cc1F. The number of aliphatic hydroxyl groups is 1. The van der Waals surface area contributed by atoms with Crippen molar-refractivity contribution >= 4 is 34.5 Å². The molecule has 6 nitrogen and oxygen atoms in total. The van der Waals surface area contributed by atoms with E-state index in [1.165, 1.54) is 17.8 Å². The lowest BCUT2D eigenvalue weighted by Gasteiger charge is -2.42. The predicted molar refractivity (Wildman–Crippen MR) is 158 cm³/mol. The first-order valence-corrected chi connectivity index (χ1v) is 15.5. The smallest absolute Gasteiger partial charge is 0.349 e. The Hall–Kier alpha value is -2.45. The third-order valence-corrected chi connectivity index (χ3v) is 9.55. The molecule has 0 spiro atoms. The highest BCUT2D eigenvalue weighted by Crippen LogP contribution is 2.48. The normalized spacial score (nSPS) is 26.9. The molecule has 1 saturated carbocycles. The Morgan fingerprint density at radius 3 is 2.67 bits per heavy atom. The molecule has 216 valence electrons. The maximum atomic E-state index is 14.7. The van der Waals surface area contributed by atoms with E-state index < -0.39 is 17.4 Å². The van der Waals surface area contributed by atoms with Gasteiger partial charge in [0, 0.05) is 17.5 Å². The van der Waals surface area contributed by atoms with Crippen LogP contribution >= 0.6 is 23.4 Å². The molecule has 5 rings (SSSR count). The number of cyclic esters (lactones) is 1. The van der Waals surface area contributed by atoms with Gasteiger partial charge in [0.05, 0.1) is 18.2 Å². The third-order valence-electron chi connectivity index (χ3n) is 8.19. The molecule has 2 aliphatic heterocycles. The summed E-state index contributed by atoms with van der Waals surface area (Å²) in [7, 11) is 0. The van der Waals surface area contributed by atoms with Gasteiger partial charge in [0.15, 0.2) is 16.7 Å². The number of hydrogen-bond donors (Lipinski definition) is 1. The molecule has 4 aliphatic rings. The van der Waals surface area contributed by atoms with Gasteiger partial charge in [-0.1, -0.05) is 36.6 Å². The van der Waals surface area contributed by atoms with E-state index in [-0.39, 0.29) is 53.0 Å². The van der Waals surface area contributed by atoms with Crippen molar-refractivity contribution in [2.45, 2.75) is 102 Å². The van der Waals surface area contributed by atoms with Gasteiger partial charge in [-0.3, -0.25) is 4.99 Å². The van der Waals surface area contributed by atoms with Crippen molar-refractivity contribution in [3.8, 4) is 5.75 Å². The number of carbonyl (C=O) groups is 1. The van der Waals surface area contributed by atoms with Crippen LogP contribution in [0.4, 0.5) is 4.39 Å². The molecular weight excluding hydrogens is 551 g/mol. The lowest BCUT2D eigenvalue weighted by atomic mass is 9.77. The number of esters is 1. The van der Waals surface area contributed by atoms with Gasteiger partial charge in [-0.15, -0.1) is 0 Å². The number of benzene rings is 1. The molecule has 3 atom stereocenters. The molecule has 0 amide bonds. The molecular formula is C31H38ClFN2O4S. The first-order chi connectivity index (χ1) is 19.1. The number of amidine groups is 1. The van der Waals surface area contributed by atoms with Gasteiger partial charge < -0.3 is 19.5 Å². The molecule has 9 heteroatoms. The molecule has 0 saturated heterocycles. The van der Waals surface area contributed by atoms with Crippen LogP contribution < -0.4 is 4.74 Å². The second kappa shape index (κ2) is 11.8. The van der Waals surface area contributed by atoms with Crippen LogP contribution in [-0.2, 0) is 16.0 Å². The van der Waals surface area contributed by atoms with Crippen LogP contribution in [0.5, 0.6) is 5.75 Å². The van der Waals surface area contributed by atoms with Crippen molar-refractivity contribution in [3.63, 3.8) is 0 Å². The van der Waals surface area contributed by atoms with Gasteiger partial charge in [0.1, 0.15) is 16.3 Å². The topological polar surface area (TPSA) is 71.4 Å².